The van der Waals surface area contributed by atoms with Gasteiger partial charge >= 0.3 is 11.9 Å². The van der Waals surface area contributed by atoms with Crippen LogP contribution in [0.1, 0.15) is 63.9 Å². The van der Waals surface area contributed by atoms with Gasteiger partial charge in [0.25, 0.3) is 11.8 Å². The van der Waals surface area contributed by atoms with Crippen LogP contribution < -0.4 is 10.9 Å². The molecule has 2 N–H and O–H groups in total. The lowest BCUT2D eigenvalue weighted by atomic mass is 10.1. The number of nitrogens with one attached hydrogen (secondary N) is 2. The van der Waals surface area contributed by atoms with E-state index in [1.54, 1.807) is 60.7 Å². The maximum atomic E-state index is 12.9. The molecule has 256 valence electrons. The molecule has 16 heteroatoms. The number of carbonyl (C=O) groups excluding carboxylic acids is 6. The number of rotatable bonds is 13. The average molecular weight is 741 g/mol. The number of thiocarbonyl (C=S) groups is 2. The maximum absolute atomic E-state index is 12.9. The largest absolute Gasteiger partial charge is 0.465 e. The first kappa shape index (κ1) is 37.4. The Morgan fingerprint density at radius 2 is 1.08 bits per heavy atom. The number of unbranched alkanes of at least 4 members (excludes halogenated alkanes) is 2. The lowest BCUT2D eigenvalue weighted by Gasteiger charge is -2.15. The Balaban J connectivity index is 1.12. The molecule has 2 aliphatic heterocycles. The summed E-state index contributed by atoms with van der Waals surface area (Å²) in [5.74, 6) is -2.28. The summed E-state index contributed by atoms with van der Waals surface area (Å²) in [6.07, 6.45) is 5.29. The third-order valence-corrected chi connectivity index (χ3v) is 9.95. The Morgan fingerprint density at radius 3 is 1.53 bits per heavy atom. The van der Waals surface area contributed by atoms with Gasteiger partial charge in [0.1, 0.15) is 8.64 Å². The molecule has 4 amide bonds. The molecular formula is C33H32N4O8S4. The van der Waals surface area contributed by atoms with Crippen molar-refractivity contribution in [2.24, 2.45) is 0 Å². The van der Waals surface area contributed by atoms with Crippen LogP contribution in [0.5, 0.6) is 0 Å². The monoisotopic (exact) mass is 740 g/mol. The first-order valence-corrected chi connectivity index (χ1v) is 17.4. The van der Waals surface area contributed by atoms with Crippen LogP contribution in [0.15, 0.2) is 58.3 Å². The molecule has 2 saturated heterocycles. The zero-order chi connectivity index (χ0) is 35.5. The Hall–Kier alpha value is -4.38. The third kappa shape index (κ3) is 10.3. The van der Waals surface area contributed by atoms with E-state index in [2.05, 4.69) is 15.6 Å². The Morgan fingerprint density at radius 1 is 0.653 bits per heavy atom. The van der Waals surface area contributed by atoms with E-state index in [0.29, 0.717) is 60.9 Å². The summed E-state index contributed by atoms with van der Waals surface area (Å²) in [6, 6.07) is 13.3. The minimum Gasteiger partial charge on any atom is -0.465 e. The molecular weight excluding hydrogens is 709 g/mol. The summed E-state index contributed by atoms with van der Waals surface area (Å²) in [5, 5.41) is 0. The van der Waals surface area contributed by atoms with Gasteiger partial charge in [0.05, 0.1) is 35.2 Å². The number of thioether (sulfide) groups is 2. The number of methoxy groups -OCH3 is 2. The van der Waals surface area contributed by atoms with Crippen molar-refractivity contribution in [2.45, 2.75) is 32.1 Å². The van der Waals surface area contributed by atoms with Gasteiger partial charge in [-0.3, -0.25) is 39.8 Å². The molecule has 0 unspecified atom stereocenters. The molecule has 2 aliphatic rings. The van der Waals surface area contributed by atoms with Gasteiger partial charge in [-0.15, -0.1) is 0 Å². The predicted octanol–water partition coefficient (Wildman–Crippen LogP) is 4.46. The number of hydrogen-bond donors (Lipinski definition) is 2. The van der Waals surface area contributed by atoms with Gasteiger partial charge in [-0.25, -0.2) is 9.59 Å². The first-order chi connectivity index (χ1) is 23.5. The van der Waals surface area contributed by atoms with Crippen LogP contribution in [0.25, 0.3) is 12.2 Å². The summed E-state index contributed by atoms with van der Waals surface area (Å²) in [5.41, 5.74) is 6.99. The highest BCUT2D eigenvalue weighted by Gasteiger charge is 2.33. The second-order valence-electron chi connectivity index (χ2n) is 10.6. The molecule has 2 aromatic rings. The molecule has 0 spiro atoms. The fourth-order valence-corrected chi connectivity index (χ4v) is 7.18. The van der Waals surface area contributed by atoms with Crippen molar-refractivity contribution in [1.82, 2.24) is 20.7 Å². The molecule has 0 saturated carbocycles. The van der Waals surface area contributed by atoms with E-state index >= 15 is 0 Å². The van der Waals surface area contributed by atoms with Crippen LogP contribution in [-0.4, -0.2) is 81.3 Å². The van der Waals surface area contributed by atoms with E-state index in [-0.39, 0.29) is 37.1 Å². The highest BCUT2D eigenvalue weighted by Crippen LogP contribution is 2.34. The number of amides is 4. The van der Waals surface area contributed by atoms with Gasteiger partial charge < -0.3 is 9.47 Å². The summed E-state index contributed by atoms with van der Waals surface area (Å²) in [7, 11) is 2.61. The first-order valence-electron chi connectivity index (χ1n) is 15.0. The second-order valence-corrected chi connectivity index (χ2v) is 13.9. The van der Waals surface area contributed by atoms with Crippen molar-refractivity contribution in [3.8, 4) is 0 Å². The molecule has 49 heavy (non-hydrogen) atoms. The number of esters is 2. The van der Waals surface area contributed by atoms with E-state index in [1.165, 1.54) is 35.8 Å². The van der Waals surface area contributed by atoms with Crippen molar-refractivity contribution in [3.05, 3.63) is 80.6 Å². The molecule has 0 bridgehead atoms. The van der Waals surface area contributed by atoms with Gasteiger partial charge in [-0.2, -0.15) is 0 Å². The molecule has 4 rings (SSSR count). The second kappa shape index (κ2) is 17.9. The van der Waals surface area contributed by atoms with E-state index < -0.39 is 17.8 Å². The van der Waals surface area contributed by atoms with E-state index in [1.807, 2.05) is 0 Å². The zero-order valence-corrected chi connectivity index (χ0v) is 29.8. The van der Waals surface area contributed by atoms with Crippen molar-refractivity contribution < 1.29 is 38.2 Å². The highest BCUT2D eigenvalue weighted by atomic mass is 32.2. The predicted molar refractivity (Wildman–Crippen MR) is 195 cm³/mol. The number of nitrogens with zero attached hydrogens (tertiary/aromatic N) is 2. The van der Waals surface area contributed by atoms with E-state index in [9.17, 15) is 28.8 Å². The standard InChI is InChI=1S/C33H32N4O8S4/c1-44-30(42)22-11-7-20(8-12-22)18-24-28(40)36(32(46)48-24)16-5-3-4-6-26(38)34-35-27(39)15-17-37-29(41)25(49-33(37)47)19-21-9-13-23(14-10-21)31(43)45-2/h7-14,18-19H,3-6,15-17H2,1-2H3,(H,34,38)(H,35,39). The third-order valence-electron chi connectivity index (χ3n) is 7.20. The quantitative estimate of drug-likeness (QED) is 0.0982. The fourth-order valence-electron chi connectivity index (χ4n) is 4.56. The summed E-state index contributed by atoms with van der Waals surface area (Å²) in [6.45, 7) is 0.453. The van der Waals surface area contributed by atoms with Gasteiger partial charge in [0, 0.05) is 25.9 Å². The van der Waals surface area contributed by atoms with Gasteiger partial charge in [0.15, 0.2) is 0 Å². The summed E-state index contributed by atoms with van der Waals surface area (Å²) < 4.78 is 10.2. The van der Waals surface area contributed by atoms with Gasteiger partial charge in [0.2, 0.25) is 11.8 Å². The smallest absolute Gasteiger partial charge is 0.337 e. The average Bonchev–Trinajstić information content (AvgIpc) is 3.52. The van der Waals surface area contributed by atoms with E-state index in [0.717, 1.165) is 17.3 Å². The fraction of sp³-hybridized carbons (Fsp3) is 0.273. The minimum absolute atomic E-state index is 0.0406. The molecule has 2 heterocycles. The van der Waals surface area contributed by atoms with Crippen LogP contribution in [0.2, 0.25) is 0 Å². The molecule has 2 fully saturated rings. The number of hydrogen-bond acceptors (Lipinski definition) is 12. The normalized spacial score (nSPS) is 16.0. The maximum Gasteiger partial charge on any atom is 0.337 e. The summed E-state index contributed by atoms with van der Waals surface area (Å²) >= 11 is 13.0. The van der Waals surface area contributed by atoms with Crippen molar-refractivity contribution in [1.29, 1.82) is 0 Å². The van der Waals surface area contributed by atoms with Gasteiger partial charge in [-0.05, 0) is 60.4 Å². The van der Waals surface area contributed by atoms with Gasteiger partial charge in [-0.1, -0.05) is 78.6 Å². The highest BCUT2D eigenvalue weighted by molar-refractivity contribution is 8.27. The van der Waals surface area contributed by atoms with Crippen LogP contribution in [-0.2, 0) is 28.7 Å². The topological polar surface area (TPSA) is 151 Å². The van der Waals surface area contributed by atoms with Crippen molar-refractivity contribution in [2.75, 3.05) is 27.3 Å². The lowest BCUT2D eigenvalue weighted by molar-refractivity contribution is -0.129. The Kier molecular flexibility index (Phi) is 13.6. The molecule has 0 radical (unpaired) electrons. The Bertz CT molecular complexity index is 1720. The molecule has 12 nitrogen and oxygen atoms in total. The van der Waals surface area contributed by atoms with Crippen LogP contribution in [0.3, 0.4) is 0 Å². The lowest BCUT2D eigenvalue weighted by Crippen LogP contribution is -2.43. The van der Waals surface area contributed by atoms with E-state index in [4.69, 9.17) is 29.2 Å². The summed E-state index contributed by atoms with van der Waals surface area (Å²) in [4.78, 5) is 77.3. The minimum atomic E-state index is -0.480. The number of ether oxygens (including phenoxy) is 2. The number of carbonyl (C=O) groups is 6. The van der Waals surface area contributed by atoms with Crippen LogP contribution in [0, 0.1) is 0 Å². The number of benzene rings is 2. The molecule has 2 aromatic carbocycles. The SMILES string of the molecule is COC(=O)c1ccc(C=C2SC(=S)N(CCCCCC(=O)NNC(=O)CCN3C(=O)C(=Cc4ccc(C(=O)OC)cc4)SC3=S)C2=O)cc1. The Labute approximate surface area is 302 Å². The molecule has 0 aromatic heterocycles. The zero-order valence-electron chi connectivity index (χ0n) is 26.5. The van der Waals surface area contributed by atoms with Crippen molar-refractivity contribution in [3.63, 3.8) is 0 Å². The molecule has 0 atom stereocenters. The van der Waals surface area contributed by atoms with Crippen molar-refractivity contribution >= 4 is 104 Å². The number of hydrazine groups is 1. The van der Waals surface area contributed by atoms with Crippen LogP contribution >= 0.6 is 48.0 Å². The van der Waals surface area contributed by atoms with Crippen LogP contribution in [0.4, 0.5) is 0 Å². The molecule has 0 aliphatic carbocycles.